The molecule has 0 aromatic heterocycles. The van der Waals surface area contributed by atoms with Gasteiger partial charge < -0.3 is 14.8 Å². The summed E-state index contributed by atoms with van der Waals surface area (Å²) in [6, 6.07) is 12.9. The van der Waals surface area contributed by atoms with Gasteiger partial charge >= 0.3 is 0 Å². The van der Waals surface area contributed by atoms with E-state index in [-0.39, 0.29) is 17.4 Å². The van der Waals surface area contributed by atoms with Crippen molar-refractivity contribution in [3.63, 3.8) is 0 Å². The zero-order valence-electron chi connectivity index (χ0n) is 14.2. The van der Waals surface area contributed by atoms with E-state index in [0.717, 1.165) is 4.31 Å². The van der Waals surface area contributed by atoms with Crippen molar-refractivity contribution in [2.75, 3.05) is 33.1 Å². The van der Waals surface area contributed by atoms with E-state index in [1.54, 1.807) is 31.4 Å². The van der Waals surface area contributed by atoms with Crippen LogP contribution in [0.2, 0.25) is 0 Å². The van der Waals surface area contributed by atoms with Gasteiger partial charge in [0.25, 0.3) is 5.91 Å². The SMILES string of the molecule is COc1cccc(NC(=O)COc2ccc(S(=O)(=O)N(C)C)cc2)c1. The fourth-order valence-electron chi connectivity index (χ4n) is 1.97. The third-order valence-corrected chi connectivity index (χ3v) is 5.16. The van der Waals surface area contributed by atoms with Crippen molar-refractivity contribution in [3.8, 4) is 11.5 Å². The van der Waals surface area contributed by atoms with Gasteiger partial charge in [0, 0.05) is 25.8 Å². The van der Waals surface area contributed by atoms with E-state index in [1.165, 1.54) is 38.4 Å². The van der Waals surface area contributed by atoms with Crippen molar-refractivity contribution < 1.29 is 22.7 Å². The lowest BCUT2D eigenvalue weighted by atomic mass is 10.3. The van der Waals surface area contributed by atoms with Gasteiger partial charge in [-0.25, -0.2) is 12.7 Å². The second-order valence-corrected chi connectivity index (χ2v) is 7.48. The molecular formula is C17H20N2O5S. The average molecular weight is 364 g/mol. The minimum absolute atomic E-state index is 0.158. The van der Waals surface area contributed by atoms with Crippen LogP contribution < -0.4 is 14.8 Å². The smallest absolute Gasteiger partial charge is 0.262 e. The fourth-order valence-corrected chi connectivity index (χ4v) is 2.87. The number of methoxy groups -OCH3 is 1. The first-order valence-electron chi connectivity index (χ1n) is 7.42. The van der Waals surface area contributed by atoms with Gasteiger partial charge in [-0.2, -0.15) is 0 Å². The monoisotopic (exact) mass is 364 g/mol. The van der Waals surface area contributed by atoms with E-state index in [2.05, 4.69) is 5.32 Å². The zero-order chi connectivity index (χ0) is 18.4. The number of anilines is 1. The van der Waals surface area contributed by atoms with E-state index in [1.807, 2.05) is 0 Å². The Bertz CT molecular complexity index is 832. The Morgan fingerprint density at radius 1 is 1.08 bits per heavy atom. The predicted octanol–water partition coefficient (Wildman–Crippen LogP) is 1.96. The van der Waals surface area contributed by atoms with Crippen LogP contribution in [-0.2, 0) is 14.8 Å². The van der Waals surface area contributed by atoms with Crippen molar-refractivity contribution in [3.05, 3.63) is 48.5 Å². The van der Waals surface area contributed by atoms with Gasteiger partial charge in [-0.15, -0.1) is 0 Å². The molecule has 1 N–H and O–H groups in total. The van der Waals surface area contributed by atoms with Gasteiger partial charge in [0.05, 0.1) is 12.0 Å². The van der Waals surface area contributed by atoms with Gasteiger partial charge in [-0.05, 0) is 36.4 Å². The summed E-state index contributed by atoms with van der Waals surface area (Å²) in [6.45, 7) is -0.197. The third-order valence-electron chi connectivity index (χ3n) is 3.33. The van der Waals surface area contributed by atoms with Gasteiger partial charge in [0.15, 0.2) is 6.61 Å². The molecule has 0 heterocycles. The third kappa shape index (κ3) is 4.94. The van der Waals surface area contributed by atoms with E-state index < -0.39 is 10.0 Å². The number of nitrogens with zero attached hydrogens (tertiary/aromatic N) is 1. The molecule has 134 valence electrons. The first-order chi connectivity index (χ1) is 11.8. The molecule has 0 bridgehead atoms. The lowest BCUT2D eigenvalue weighted by Gasteiger charge is -2.12. The van der Waals surface area contributed by atoms with Gasteiger partial charge in [-0.3, -0.25) is 4.79 Å². The summed E-state index contributed by atoms with van der Waals surface area (Å²) >= 11 is 0. The quantitative estimate of drug-likeness (QED) is 0.812. The maximum atomic E-state index is 12.0. The predicted molar refractivity (Wildman–Crippen MR) is 94.4 cm³/mol. The molecule has 0 saturated heterocycles. The molecule has 0 fully saturated rings. The lowest BCUT2D eigenvalue weighted by Crippen LogP contribution is -2.22. The van der Waals surface area contributed by atoms with Crippen LogP contribution in [0.15, 0.2) is 53.4 Å². The van der Waals surface area contributed by atoms with Crippen LogP contribution in [0, 0.1) is 0 Å². The number of amides is 1. The number of carbonyl (C=O) groups is 1. The number of sulfonamides is 1. The minimum Gasteiger partial charge on any atom is -0.497 e. The summed E-state index contributed by atoms with van der Waals surface area (Å²) in [7, 11) is 0.982. The molecular weight excluding hydrogens is 344 g/mol. The Morgan fingerprint density at radius 2 is 1.76 bits per heavy atom. The van der Waals surface area contributed by atoms with E-state index in [4.69, 9.17) is 9.47 Å². The highest BCUT2D eigenvalue weighted by molar-refractivity contribution is 7.89. The summed E-state index contributed by atoms with van der Waals surface area (Å²) in [5, 5.41) is 2.69. The molecule has 0 atom stereocenters. The zero-order valence-corrected chi connectivity index (χ0v) is 15.0. The van der Waals surface area contributed by atoms with Crippen molar-refractivity contribution in [1.82, 2.24) is 4.31 Å². The van der Waals surface area contributed by atoms with Crippen LogP contribution in [0.3, 0.4) is 0 Å². The van der Waals surface area contributed by atoms with Gasteiger partial charge in [0.2, 0.25) is 10.0 Å². The molecule has 7 nitrogen and oxygen atoms in total. The Morgan fingerprint density at radius 3 is 2.36 bits per heavy atom. The highest BCUT2D eigenvalue weighted by Gasteiger charge is 2.16. The molecule has 0 spiro atoms. The first kappa shape index (κ1) is 18.8. The van der Waals surface area contributed by atoms with Gasteiger partial charge in [-0.1, -0.05) is 6.07 Å². The Kier molecular flexibility index (Phi) is 6.00. The van der Waals surface area contributed by atoms with E-state index in [9.17, 15) is 13.2 Å². The van der Waals surface area contributed by atoms with Crippen LogP contribution in [0.4, 0.5) is 5.69 Å². The van der Waals surface area contributed by atoms with Crippen LogP contribution in [-0.4, -0.2) is 46.4 Å². The maximum absolute atomic E-state index is 12.0. The molecule has 2 aromatic rings. The molecule has 0 aliphatic rings. The molecule has 0 saturated carbocycles. The number of rotatable bonds is 7. The first-order valence-corrected chi connectivity index (χ1v) is 8.86. The number of hydrogen-bond donors (Lipinski definition) is 1. The summed E-state index contributed by atoms with van der Waals surface area (Å²) in [5.41, 5.74) is 0.598. The molecule has 2 aromatic carbocycles. The standard InChI is InChI=1S/C17H20N2O5S/c1-19(2)25(21,22)16-9-7-14(8-10-16)24-12-17(20)18-13-5-4-6-15(11-13)23-3/h4-11H,12H2,1-3H3,(H,18,20). The molecule has 0 unspecified atom stereocenters. The summed E-state index contributed by atoms with van der Waals surface area (Å²) in [4.78, 5) is 12.1. The van der Waals surface area contributed by atoms with Crippen LogP contribution >= 0.6 is 0 Å². The fraction of sp³-hybridized carbons (Fsp3) is 0.235. The number of ether oxygens (including phenoxy) is 2. The molecule has 0 radical (unpaired) electrons. The number of nitrogens with one attached hydrogen (secondary N) is 1. The molecule has 25 heavy (non-hydrogen) atoms. The number of carbonyl (C=O) groups excluding carboxylic acids is 1. The highest BCUT2D eigenvalue weighted by atomic mass is 32.2. The largest absolute Gasteiger partial charge is 0.497 e. The molecule has 8 heteroatoms. The normalized spacial score (nSPS) is 11.2. The van der Waals surface area contributed by atoms with E-state index in [0.29, 0.717) is 17.2 Å². The van der Waals surface area contributed by atoms with Crippen LogP contribution in [0.25, 0.3) is 0 Å². The molecule has 0 aliphatic heterocycles. The molecule has 0 aliphatic carbocycles. The maximum Gasteiger partial charge on any atom is 0.262 e. The van der Waals surface area contributed by atoms with Crippen LogP contribution in [0.1, 0.15) is 0 Å². The molecule has 1 amide bonds. The average Bonchev–Trinajstić information content (AvgIpc) is 2.60. The van der Waals surface area contributed by atoms with Crippen molar-refractivity contribution in [2.45, 2.75) is 4.90 Å². The Hall–Kier alpha value is -2.58. The summed E-state index contributed by atoms with van der Waals surface area (Å²) in [6.07, 6.45) is 0. The second kappa shape index (κ2) is 8.00. The lowest BCUT2D eigenvalue weighted by molar-refractivity contribution is -0.118. The van der Waals surface area contributed by atoms with Gasteiger partial charge in [0.1, 0.15) is 11.5 Å². The topological polar surface area (TPSA) is 84.9 Å². The Balaban J connectivity index is 1.93. The van der Waals surface area contributed by atoms with Crippen LogP contribution in [0.5, 0.6) is 11.5 Å². The van der Waals surface area contributed by atoms with Crippen molar-refractivity contribution in [1.29, 1.82) is 0 Å². The summed E-state index contributed by atoms with van der Waals surface area (Å²) in [5.74, 6) is 0.702. The van der Waals surface area contributed by atoms with Crippen molar-refractivity contribution >= 4 is 21.6 Å². The molecule has 2 rings (SSSR count). The summed E-state index contributed by atoms with van der Waals surface area (Å²) < 4.78 is 35.5. The minimum atomic E-state index is -3.49. The van der Waals surface area contributed by atoms with E-state index >= 15 is 0 Å². The Labute approximate surface area is 147 Å². The number of benzene rings is 2. The second-order valence-electron chi connectivity index (χ2n) is 5.33. The van der Waals surface area contributed by atoms with Crippen molar-refractivity contribution in [2.24, 2.45) is 0 Å². The highest BCUT2D eigenvalue weighted by Crippen LogP contribution is 2.19. The number of hydrogen-bond acceptors (Lipinski definition) is 5.